The molecule has 2 bridgehead atoms. The second-order valence-electron chi connectivity index (χ2n) is 10.5. The molecule has 3 heteroatoms. The lowest BCUT2D eigenvalue weighted by Gasteiger charge is -2.46. The summed E-state index contributed by atoms with van der Waals surface area (Å²) < 4.78 is 0. The Balaban J connectivity index is 1.51. The SMILES string of the molecule is CC(C)(C)c1ccc2c(c1)C1c3ccccc3C2C2C(=O)N(Cc3ccccc3)C(=O)C12. The summed E-state index contributed by atoms with van der Waals surface area (Å²) in [6.07, 6.45) is 0. The lowest BCUT2D eigenvalue weighted by atomic mass is 9.54. The predicted molar refractivity (Wildman–Crippen MR) is 124 cm³/mol. The fraction of sp³-hybridized carbons (Fsp3) is 0.310. The van der Waals surface area contributed by atoms with E-state index in [0.29, 0.717) is 6.54 Å². The minimum absolute atomic E-state index is 0.0137. The molecule has 4 aliphatic rings. The highest BCUT2D eigenvalue weighted by Gasteiger charge is 2.61. The van der Waals surface area contributed by atoms with Gasteiger partial charge in [0.15, 0.2) is 0 Å². The summed E-state index contributed by atoms with van der Waals surface area (Å²) in [4.78, 5) is 29.0. The molecule has 32 heavy (non-hydrogen) atoms. The number of benzene rings is 3. The van der Waals surface area contributed by atoms with Crippen LogP contribution in [-0.4, -0.2) is 16.7 Å². The van der Waals surface area contributed by atoms with E-state index in [2.05, 4.69) is 63.2 Å². The number of carbonyl (C=O) groups excluding carboxylic acids is 2. The Morgan fingerprint density at radius 3 is 1.81 bits per heavy atom. The van der Waals surface area contributed by atoms with Gasteiger partial charge >= 0.3 is 0 Å². The molecule has 0 saturated carbocycles. The quantitative estimate of drug-likeness (QED) is 0.521. The van der Waals surface area contributed by atoms with Gasteiger partial charge in [-0.25, -0.2) is 0 Å². The van der Waals surface area contributed by atoms with E-state index >= 15 is 0 Å². The molecule has 0 radical (unpaired) electrons. The van der Waals surface area contributed by atoms with Gasteiger partial charge in [-0.3, -0.25) is 14.5 Å². The molecule has 0 N–H and O–H groups in total. The number of carbonyl (C=O) groups is 2. The van der Waals surface area contributed by atoms with Crippen molar-refractivity contribution in [3.63, 3.8) is 0 Å². The van der Waals surface area contributed by atoms with Gasteiger partial charge in [-0.2, -0.15) is 0 Å². The van der Waals surface area contributed by atoms with Crippen molar-refractivity contribution in [2.75, 3.05) is 0 Å². The topological polar surface area (TPSA) is 37.4 Å². The molecule has 7 rings (SSSR count). The van der Waals surface area contributed by atoms with Gasteiger partial charge in [0.05, 0.1) is 18.4 Å². The molecular weight excluding hydrogens is 394 g/mol. The Bertz CT molecular complexity index is 1250. The maximum atomic E-state index is 13.8. The fourth-order valence-electron chi connectivity index (χ4n) is 6.18. The number of likely N-dealkylation sites (tertiary alicyclic amines) is 1. The van der Waals surface area contributed by atoms with Crippen LogP contribution in [0.5, 0.6) is 0 Å². The van der Waals surface area contributed by atoms with E-state index in [-0.39, 0.29) is 40.9 Å². The van der Waals surface area contributed by atoms with Gasteiger partial charge in [-0.15, -0.1) is 0 Å². The van der Waals surface area contributed by atoms with Crippen molar-refractivity contribution >= 4 is 11.8 Å². The van der Waals surface area contributed by atoms with E-state index in [0.717, 1.165) is 5.56 Å². The maximum absolute atomic E-state index is 13.8. The van der Waals surface area contributed by atoms with E-state index in [1.807, 2.05) is 30.3 Å². The zero-order chi connectivity index (χ0) is 22.2. The highest BCUT2D eigenvalue weighted by atomic mass is 16.2. The molecule has 4 unspecified atom stereocenters. The van der Waals surface area contributed by atoms with Gasteiger partial charge < -0.3 is 0 Å². The molecule has 1 fully saturated rings. The van der Waals surface area contributed by atoms with Crippen molar-refractivity contribution in [3.8, 4) is 0 Å². The molecule has 4 atom stereocenters. The van der Waals surface area contributed by atoms with Gasteiger partial charge in [0.2, 0.25) is 11.8 Å². The monoisotopic (exact) mass is 421 g/mol. The third kappa shape index (κ3) is 2.60. The Labute approximate surface area is 189 Å². The third-order valence-electron chi connectivity index (χ3n) is 7.68. The number of rotatable bonds is 2. The van der Waals surface area contributed by atoms with Crippen LogP contribution in [0.4, 0.5) is 0 Å². The number of amides is 2. The van der Waals surface area contributed by atoms with Crippen molar-refractivity contribution in [2.45, 2.75) is 44.6 Å². The second kappa shape index (κ2) is 6.65. The lowest BCUT2D eigenvalue weighted by molar-refractivity contribution is -0.140. The van der Waals surface area contributed by atoms with Crippen LogP contribution in [0, 0.1) is 11.8 Å². The zero-order valence-corrected chi connectivity index (χ0v) is 18.7. The normalized spacial score (nSPS) is 25.5. The summed E-state index contributed by atoms with van der Waals surface area (Å²) in [5, 5.41) is 0. The molecule has 1 saturated heterocycles. The van der Waals surface area contributed by atoms with Crippen molar-refractivity contribution in [2.24, 2.45) is 11.8 Å². The first-order valence-electron chi connectivity index (χ1n) is 11.5. The second-order valence-corrected chi connectivity index (χ2v) is 10.5. The predicted octanol–water partition coefficient (Wildman–Crippen LogP) is 5.38. The molecule has 3 aromatic rings. The van der Waals surface area contributed by atoms with Gasteiger partial charge in [-0.1, -0.05) is 93.6 Å². The third-order valence-corrected chi connectivity index (χ3v) is 7.68. The smallest absolute Gasteiger partial charge is 0.234 e. The maximum Gasteiger partial charge on any atom is 0.234 e. The highest BCUT2D eigenvalue weighted by molar-refractivity contribution is 6.07. The summed E-state index contributed by atoms with van der Waals surface area (Å²) in [6.45, 7) is 7.01. The summed E-state index contributed by atoms with van der Waals surface area (Å²) in [5.41, 5.74) is 7.20. The summed E-state index contributed by atoms with van der Waals surface area (Å²) in [7, 11) is 0. The van der Waals surface area contributed by atoms with Crippen LogP contribution in [0.3, 0.4) is 0 Å². The highest BCUT2D eigenvalue weighted by Crippen LogP contribution is 2.61. The van der Waals surface area contributed by atoms with Crippen LogP contribution < -0.4 is 0 Å². The number of hydrogen-bond donors (Lipinski definition) is 0. The molecule has 2 amide bonds. The molecule has 1 heterocycles. The average Bonchev–Trinajstić information content (AvgIpc) is 3.04. The van der Waals surface area contributed by atoms with Gasteiger partial charge in [-0.05, 0) is 38.8 Å². The Morgan fingerprint density at radius 2 is 1.22 bits per heavy atom. The van der Waals surface area contributed by atoms with Crippen LogP contribution in [-0.2, 0) is 21.5 Å². The number of imide groups is 1. The van der Waals surface area contributed by atoms with Gasteiger partial charge in [0.25, 0.3) is 0 Å². The number of nitrogens with zero attached hydrogens (tertiary/aromatic N) is 1. The molecule has 3 aromatic carbocycles. The number of hydrogen-bond acceptors (Lipinski definition) is 2. The molecular formula is C29H27NO2. The first-order chi connectivity index (χ1) is 15.4. The molecule has 3 nitrogen and oxygen atoms in total. The molecule has 3 aliphatic carbocycles. The Kier molecular flexibility index (Phi) is 4.05. The van der Waals surface area contributed by atoms with E-state index in [1.54, 1.807) is 0 Å². The summed E-state index contributed by atoms with van der Waals surface area (Å²) in [6, 6.07) is 25.0. The van der Waals surface area contributed by atoms with Crippen LogP contribution in [0.2, 0.25) is 0 Å². The largest absolute Gasteiger partial charge is 0.278 e. The van der Waals surface area contributed by atoms with Crippen LogP contribution in [0.1, 0.15) is 66.0 Å². The lowest BCUT2D eigenvalue weighted by Crippen LogP contribution is -2.41. The Hall–Kier alpha value is -3.20. The zero-order valence-electron chi connectivity index (χ0n) is 18.7. The van der Waals surface area contributed by atoms with E-state index < -0.39 is 0 Å². The summed E-state index contributed by atoms with van der Waals surface area (Å²) in [5.74, 6) is -0.759. The molecule has 1 aliphatic heterocycles. The van der Waals surface area contributed by atoms with E-state index in [9.17, 15) is 9.59 Å². The van der Waals surface area contributed by atoms with Crippen molar-refractivity contribution < 1.29 is 9.59 Å². The minimum Gasteiger partial charge on any atom is -0.278 e. The Morgan fingerprint density at radius 1 is 0.688 bits per heavy atom. The van der Waals surface area contributed by atoms with Crippen LogP contribution in [0.25, 0.3) is 0 Å². The van der Waals surface area contributed by atoms with Gasteiger partial charge in [0.1, 0.15) is 0 Å². The van der Waals surface area contributed by atoms with Crippen molar-refractivity contribution in [1.29, 1.82) is 0 Å². The van der Waals surface area contributed by atoms with E-state index in [4.69, 9.17) is 0 Å². The molecule has 160 valence electrons. The van der Waals surface area contributed by atoms with E-state index in [1.165, 1.54) is 32.7 Å². The average molecular weight is 422 g/mol. The fourth-order valence-corrected chi connectivity index (χ4v) is 6.18. The minimum atomic E-state index is -0.311. The molecule has 0 spiro atoms. The first kappa shape index (κ1) is 19.5. The van der Waals surface area contributed by atoms with Crippen molar-refractivity contribution in [1.82, 2.24) is 4.90 Å². The van der Waals surface area contributed by atoms with Crippen molar-refractivity contribution in [3.05, 3.63) is 106 Å². The standard InChI is InChI=1S/C29H27NO2/c1-29(2,3)18-13-14-21-22(15-18)24-20-12-8-7-11-19(20)23(21)25-26(24)28(32)30(27(25)31)16-17-9-5-4-6-10-17/h4-15,23-26H,16H2,1-3H3. The van der Waals surface area contributed by atoms with Crippen LogP contribution >= 0.6 is 0 Å². The summed E-state index contributed by atoms with van der Waals surface area (Å²) >= 11 is 0. The first-order valence-corrected chi connectivity index (χ1v) is 11.5. The van der Waals surface area contributed by atoms with Gasteiger partial charge in [0, 0.05) is 11.8 Å². The molecule has 0 aromatic heterocycles. The van der Waals surface area contributed by atoms with Crippen LogP contribution in [0.15, 0.2) is 72.8 Å².